The highest BCUT2D eigenvalue weighted by molar-refractivity contribution is 5.95. The van der Waals surface area contributed by atoms with Crippen LogP contribution in [0.15, 0.2) is 36.4 Å². The summed E-state index contributed by atoms with van der Waals surface area (Å²) < 4.78 is 47.3. The van der Waals surface area contributed by atoms with E-state index in [2.05, 4.69) is 9.72 Å². The number of pyridine rings is 1. The van der Waals surface area contributed by atoms with Gasteiger partial charge in [-0.3, -0.25) is 0 Å². The van der Waals surface area contributed by atoms with Gasteiger partial charge in [-0.05, 0) is 23.8 Å². The molecule has 0 bridgehead atoms. The second kappa shape index (κ2) is 6.05. The Morgan fingerprint density at radius 1 is 1.05 bits per heavy atom. The topological polar surface area (TPSA) is 48.4 Å². The lowest BCUT2D eigenvalue weighted by Gasteiger charge is -2.11. The third-order valence-corrected chi connectivity index (χ3v) is 2.98. The van der Waals surface area contributed by atoms with E-state index in [4.69, 9.17) is 4.74 Å². The van der Waals surface area contributed by atoms with Crippen molar-refractivity contribution < 1.29 is 27.4 Å². The van der Waals surface area contributed by atoms with Gasteiger partial charge >= 0.3 is 12.1 Å². The zero-order chi connectivity index (χ0) is 16.3. The van der Waals surface area contributed by atoms with Crippen LogP contribution in [0.4, 0.5) is 13.2 Å². The van der Waals surface area contributed by atoms with Gasteiger partial charge in [0.25, 0.3) is 0 Å². The SMILES string of the molecule is COC(=O)c1nc(OC)ccc1-c1ccc(C(F)(F)F)cc1. The van der Waals surface area contributed by atoms with Crippen LogP contribution in [-0.4, -0.2) is 25.2 Å². The van der Waals surface area contributed by atoms with Crippen LogP contribution in [0.2, 0.25) is 0 Å². The van der Waals surface area contributed by atoms with E-state index in [1.54, 1.807) is 6.07 Å². The van der Waals surface area contributed by atoms with E-state index >= 15 is 0 Å². The predicted molar refractivity (Wildman–Crippen MR) is 72.6 cm³/mol. The van der Waals surface area contributed by atoms with Crippen molar-refractivity contribution in [2.75, 3.05) is 14.2 Å². The van der Waals surface area contributed by atoms with Gasteiger partial charge in [0.05, 0.1) is 19.8 Å². The lowest BCUT2D eigenvalue weighted by atomic mass is 10.0. The smallest absolute Gasteiger partial charge is 0.416 e. The minimum Gasteiger partial charge on any atom is -0.481 e. The van der Waals surface area contributed by atoms with Gasteiger partial charge in [-0.15, -0.1) is 0 Å². The zero-order valence-electron chi connectivity index (χ0n) is 11.8. The zero-order valence-corrected chi connectivity index (χ0v) is 11.8. The Labute approximate surface area is 124 Å². The molecule has 0 saturated heterocycles. The van der Waals surface area contributed by atoms with Crippen molar-refractivity contribution in [3.8, 4) is 17.0 Å². The third kappa shape index (κ3) is 3.19. The number of aromatic nitrogens is 1. The first-order valence-corrected chi connectivity index (χ1v) is 6.18. The summed E-state index contributed by atoms with van der Waals surface area (Å²) in [6.07, 6.45) is -4.41. The normalized spacial score (nSPS) is 11.1. The standard InChI is InChI=1S/C15H12F3NO3/c1-21-12-8-7-11(13(19-12)14(20)22-2)9-3-5-10(6-4-9)15(16,17)18/h3-8H,1-2H3. The van der Waals surface area contributed by atoms with Crippen LogP contribution < -0.4 is 4.74 Å². The van der Waals surface area contributed by atoms with Gasteiger partial charge in [0.2, 0.25) is 5.88 Å². The molecule has 0 atom stereocenters. The van der Waals surface area contributed by atoms with Crippen molar-refractivity contribution >= 4 is 5.97 Å². The number of halogens is 3. The highest BCUT2D eigenvalue weighted by atomic mass is 19.4. The minimum absolute atomic E-state index is 0.0263. The van der Waals surface area contributed by atoms with Crippen LogP contribution >= 0.6 is 0 Å². The first kappa shape index (κ1) is 15.8. The van der Waals surface area contributed by atoms with E-state index in [0.29, 0.717) is 11.1 Å². The quantitative estimate of drug-likeness (QED) is 0.813. The fraction of sp³-hybridized carbons (Fsp3) is 0.200. The number of hydrogen-bond donors (Lipinski definition) is 0. The van der Waals surface area contributed by atoms with Crippen LogP contribution in [0.1, 0.15) is 16.1 Å². The van der Waals surface area contributed by atoms with Gasteiger partial charge in [0.1, 0.15) is 0 Å². The van der Waals surface area contributed by atoms with Gasteiger partial charge in [-0.25, -0.2) is 9.78 Å². The summed E-state index contributed by atoms with van der Waals surface area (Å²) in [5.41, 5.74) is -0.0103. The summed E-state index contributed by atoms with van der Waals surface area (Å²) in [5.74, 6) is -0.496. The molecule has 4 nitrogen and oxygen atoms in total. The van der Waals surface area contributed by atoms with E-state index in [-0.39, 0.29) is 11.6 Å². The fourth-order valence-electron chi connectivity index (χ4n) is 1.88. The number of alkyl halides is 3. The molecule has 0 fully saturated rings. The van der Waals surface area contributed by atoms with Crippen LogP contribution in [0.5, 0.6) is 5.88 Å². The second-order valence-corrected chi connectivity index (χ2v) is 4.32. The molecule has 0 radical (unpaired) electrons. The molecule has 1 aromatic heterocycles. The van der Waals surface area contributed by atoms with Gasteiger partial charge in [-0.1, -0.05) is 12.1 Å². The average Bonchev–Trinajstić information content (AvgIpc) is 2.52. The molecule has 1 heterocycles. The molecule has 0 unspecified atom stereocenters. The summed E-state index contributed by atoms with van der Waals surface area (Å²) in [5, 5.41) is 0. The molecule has 0 aliphatic heterocycles. The van der Waals surface area contributed by atoms with Crippen molar-refractivity contribution in [1.29, 1.82) is 0 Å². The molecule has 0 N–H and O–H groups in total. The Morgan fingerprint density at radius 3 is 2.18 bits per heavy atom. The van der Waals surface area contributed by atoms with E-state index < -0.39 is 17.7 Å². The molecular formula is C15H12F3NO3. The number of benzene rings is 1. The van der Waals surface area contributed by atoms with Gasteiger partial charge in [-0.2, -0.15) is 13.2 Å². The van der Waals surface area contributed by atoms with Crippen molar-refractivity contribution in [1.82, 2.24) is 4.98 Å². The van der Waals surface area contributed by atoms with Crippen molar-refractivity contribution in [2.45, 2.75) is 6.18 Å². The van der Waals surface area contributed by atoms with E-state index in [1.165, 1.54) is 32.4 Å². The maximum absolute atomic E-state index is 12.6. The van der Waals surface area contributed by atoms with Crippen molar-refractivity contribution in [3.63, 3.8) is 0 Å². The molecule has 2 aromatic rings. The predicted octanol–water partition coefficient (Wildman–Crippen LogP) is 3.56. The Bertz CT molecular complexity index is 681. The van der Waals surface area contributed by atoms with Crippen molar-refractivity contribution in [3.05, 3.63) is 47.7 Å². The molecule has 0 amide bonds. The summed E-state index contributed by atoms with van der Waals surface area (Å²) in [4.78, 5) is 15.8. The summed E-state index contributed by atoms with van der Waals surface area (Å²) in [6.45, 7) is 0. The lowest BCUT2D eigenvalue weighted by Crippen LogP contribution is -2.08. The van der Waals surface area contributed by atoms with Gasteiger partial charge < -0.3 is 9.47 Å². The van der Waals surface area contributed by atoms with E-state index in [1.807, 2.05) is 0 Å². The molecule has 1 aromatic carbocycles. The number of methoxy groups -OCH3 is 2. The molecule has 0 saturated carbocycles. The largest absolute Gasteiger partial charge is 0.481 e. The second-order valence-electron chi connectivity index (χ2n) is 4.32. The van der Waals surface area contributed by atoms with Crippen LogP contribution in [-0.2, 0) is 10.9 Å². The maximum Gasteiger partial charge on any atom is 0.416 e. The number of hydrogen-bond acceptors (Lipinski definition) is 4. The number of nitrogens with zero attached hydrogens (tertiary/aromatic N) is 1. The molecule has 2 rings (SSSR count). The lowest BCUT2D eigenvalue weighted by molar-refractivity contribution is -0.137. The molecule has 0 spiro atoms. The monoisotopic (exact) mass is 311 g/mol. The molecule has 0 aliphatic rings. The maximum atomic E-state index is 12.6. The van der Waals surface area contributed by atoms with Crippen molar-refractivity contribution in [2.24, 2.45) is 0 Å². The third-order valence-electron chi connectivity index (χ3n) is 2.98. The number of ether oxygens (including phenoxy) is 2. The fourth-order valence-corrected chi connectivity index (χ4v) is 1.88. The first-order chi connectivity index (χ1) is 10.4. The number of carbonyl (C=O) groups is 1. The summed E-state index contributed by atoms with van der Waals surface area (Å²) in [6, 6.07) is 7.50. The molecular weight excluding hydrogens is 299 g/mol. The minimum atomic E-state index is -4.41. The number of carbonyl (C=O) groups excluding carboxylic acids is 1. The average molecular weight is 311 g/mol. The van der Waals surface area contributed by atoms with Crippen LogP contribution in [0.25, 0.3) is 11.1 Å². The Kier molecular flexibility index (Phi) is 4.35. The van der Waals surface area contributed by atoms with Gasteiger partial charge in [0, 0.05) is 11.6 Å². The number of rotatable bonds is 3. The molecule has 22 heavy (non-hydrogen) atoms. The molecule has 116 valence electrons. The first-order valence-electron chi connectivity index (χ1n) is 6.18. The van der Waals surface area contributed by atoms with Gasteiger partial charge in [0.15, 0.2) is 5.69 Å². The van der Waals surface area contributed by atoms with Crippen LogP contribution in [0, 0.1) is 0 Å². The van der Waals surface area contributed by atoms with E-state index in [0.717, 1.165) is 12.1 Å². The highest BCUT2D eigenvalue weighted by Crippen LogP contribution is 2.32. The molecule has 0 aliphatic carbocycles. The van der Waals surface area contributed by atoms with E-state index in [9.17, 15) is 18.0 Å². The highest BCUT2D eigenvalue weighted by Gasteiger charge is 2.30. The Balaban J connectivity index is 2.50. The number of esters is 1. The Hall–Kier alpha value is -2.57. The molecule has 7 heteroatoms. The summed E-state index contributed by atoms with van der Waals surface area (Å²) in [7, 11) is 2.58. The van der Waals surface area contributed by atoms with Crippen LogP contribution in [0.3, 0.4) is 0 Å². The Morgan fingerprint density at radius 2 is 1.68 bits per heavy atom. The summed E-state index contributed by atoms with van der Waals surface area (Å²) >= 11 is 0.